The molecule has 1 N–H and O–H groups in total. The Morgan fingerprint density at radius 3 is 2.04 bits per heavy atom. The zero-order chi connectivity index (χ0) is 18.8. The van der Waals surface area contributed by atoms with Gasteiger partial charge in [0.1, 0.15) is 0 Å². The number of rotatable bonds is 6. The molecule has 2 aromatic rings. The lowest BCUT2D eigenvalue weighted by Crippen LogP contribution is -1.94. The van der Waals surface area contributed by atoms with E-state index in [1.54, 1.807) is 30.6 Å². The Morgan fingerprint density at radius 2 is 1.56 bits per heavy atom. The van der Waals surface area contributed by atoms with E-state index in [0.717, 1.165) is 0 Å². The van der Waals surface area contributed by atoms with Gasteiger partial charge in [-0.05, 0) is 23.8 Å². The fraction of sp³-hybridized carbons (Fsp3) is 0.176. The molecule has 0 aliphatic heterocycles. The van der Waals surface area contributed by atoms with Crippen molar-refractivity contribution in [3.05, 3.63) is 69.4 Å². The number of benzene rings is 1. The first kappa shape index (κ1) is 21.9. The zero-order valence-electron chi connectivity index (χ0n) is 13.2. The molecule has 0 saturated carbocycles. The number of aromatic nitrogens is 2. The molecule has 0 atom stereocenters. The summed E-state index contributed by atoms with van der Waals surface area (Å²) in [6.07, 6.45) is 3.26. The molecule has 8 heteroatoms. The lowest BCUT2D eigenvalue weighted by molar-refractivity contribution is 0.189. The minimum absolute atomic E-state index is 0.143. The quantitative estimate of drug-likeness (QED) is 0.673. The van der Waals surface area contributed by atoms with Crippen LogP contribution in [0.4, 0.5) is 0 Å². The van der Waals surface area contributed by atoms with Gasteiger partial charge in [-0.15, -0.1) is 0 Å². The van der Waals surface area contributed by atoms with Gasteiger partial charge >= 0.3 is 0 Å². The highest BCUT2D eigenvalue weighted by atomic mass is 35.5. The van der Waals surface area contributed by atoms with E-state index >= 15 is 0 Å². The van der Waals surface area contributed by atoms with Crippen LogP contribution in [0, 0.1) is 0 Å². The largest absolute Gasteiger partial charge is 0.392 e. The van der Waals surface area contributed by atoms with Crippen LogP contribution in [-0.4, -0.2) is 28.3 Å². The van der Waals surface area contributed by atoms with Crippen LogP contribution in [0.3, 0.4) is 0 Å². The summed E-state index contributed by atoms with van der Waals surface area (Å²) in [5.74, 6) is 0.513. The van der Waals surface area contributed by atoms with Crippen molar-refractivity contribution in [1.29, 1.82) is 0 Å². The molecule has 0 amide bonds. The number of nitrogens with zero attached hydrogens (tertiary/aromatic N) is 2. The molecule has 0 bridgehead atoms. The molecule has 0 unspecified atom stereocenters. The predicted octanol–water partition coefficient (Wildman–Crippen LogP) is 5.45. The molecule has 1 heterocycles. The van der Waals surface area contributed by atoms with Gasteiger partial charge in [0.15, 0.2) is 5.82 Å². The normalized spacial score (nSPS) is 9.96. The molecule has 25 heavy (non-hydrogen) atoms. The Balaban J connectivity index is 0.000000299. The Labute approximate surface area is 166 Å². The van der Waals surface area contributed by atoms with Crippen LogP contribution in [0.15, 0.2) is 53.8 Å². The molecule has 0 aliphatic carbocycles. The monoisotopic (exact) mass is 420 g/mol. The van der Waals surface area contributed by atoms with E-state index in [2.05, 4.69) is 23.1 Å². The lowest BCUT2D eigenvalue weighted by Gasteiger charge is -2.06. The minimum atomic E-state index is -0.143. The number of hydrogen-bond donors (Lipinski definition) is 1. The van der Waals surface area contributed by atoms with Crippen molar-refractivity contribution in [2.75, 3.05) is 13.2 Å². The van der Waals surface area contributed by atoms with Crippen molar-refractivity contribution in [3.63, 3.8) is 0 Å². The van der Waals surface area contributed by atoms with Crippen LogP contribution in [0.1, 0.15) is 5.56 Å². The van der Waals surface area contributed by atoms with E-state index in [4.69, 9.17) is 56.2 Å². The fourth-order valence-corrected chi connectivity index (χ4v) is 2.28. The molecule has 0 saturated heterocycles. The number of aliphatic hydroxyl groups excluding tert-OH is 1. The number of hydrogen-bond acceptors (Lipinski definition) is 4. The van der Waals surface area contributed by atoms with Crippen LogP contribution in [0.25, 0.3) is 11.4 Å². The van der Waals surface area contributed by atoms with Crippen molar-refractivity contribution in [1.82, 2.24) is 9.97 Å². The number of halogens is 4. The summed E-state index contributed by atoms with van der Waals surface area (Å²) >= 11 is 22.7. The molecule has 0 fully saturated rings. The predicted molar refractivity (Wildman–Crippen MR) is 104 cm³/mol. The highest BCUT2D eigenvalue weighted by Gasteiger charge is 2.10. The van der Waals surface area contributed by atoms with E-state index in [0.29, 0.717) is 50.3 Å². The zero-order valence-corrected chi connectivity index (χ0v) is 16.2. The Hall–Kier alpha value is -1.14. The van der Waals surface area contributed by atoms with Gasteiger partial charge in [0, 0.05) is 33.0 Å². The molecule has 4 nitrogen and oxygen atoms in total. The molecular weight excluding hydrogens is 406 g/mol. The third-order valence-electron chi connectivity index (χ3n) is 2.63. The molecule has 1 aromatic heterocycles. The van der Waals surface area contributed by atoms with Crippen molar-refractivity contribution in [2.24, 2.45) is 0 Å². The third-order valence-corrected chi connectivity index (χ3v) is 3.51. The molecule has 0 aliphatic rings. The summed E-state index contributed by atoms with van der Waals surface area (Å²) < 4.78 is 4.89. The SMILES string of the molecule is C=C(Cl)COCC(=C)Cl.OCc1cc(-c2ncccn2)c(Cl)cc1Cl. The first-order valence-corrected chi connectivity index (χ1v) is 8.46. The third kappa shape index (κ3) is 8.19. The van der Waals surface area contributed by atoms with Gasteiger partial charge < -0.3 is 9.84 Å². The van der Waals surface area contributed by atoms with Crippen LogP contribution >= 0.6 is 46.4 Å². The topological polar surface area (TPSA) is 55.2 Å². The summed E-state index contributed by atoms with van der Waals surface area (Å²) in [5.41, 5.74) is 1.27. The van der Waals surface area contributed by atoms with Gasteiger partial charge in [-0.2, -0.15) is 0 Å². The fourth-order valence-electron chi connectivity index (χ4n) is 1.60. The smallest absolute Gasteiger partial charge is 0.160 e. The van der Waals surface area contributed by atoms with Crippen molar-refractivity contribution >= 4 is 46.4 Å². The minimum Gasteiger partial charge on any atom is -0.392 e. The highest BCUT2D eigenvalue weighted by molar-refractivity contribution is 6.36. The van der Waals surface area contributed by atoms with Gasteiger partial charge in [-0.1, -0.05) is 59.6 Å². The first-order valence-electron chi connectivity index (χ1n) is 6.95. The number of ether oxygens (including phenoxy) is 1. The van der Waals surface area contributed by atoms with E-state index in [1.807, 2.05) is 0 Å². The average Bonchev–Trinajstić information content (AvgIpc) is 2.56. The van der Waals surface area contributed by atoms with Gasteiger partial charge in [0.2, 0.25) is 0 Å². The molecule has 1 aromatic carbocycles. The van der Waals surface area contributed by atoms with Crippen molar-refractivity contribution < 1.29 is 9.84 Å². The maximum absolute atomic E-state index is 9.11. The average molecular weight is 422 g/mol. The Kier molecular flexibility index (Phi) is 10.0. The second-order valence-electron chi connectivity index (χ2n) is 4.68. The van der Waals surface area contributed by atoms with Gasteiger partial charge in [-0.3, -0.25) is 0 Å². The first-order chi connectivity index (χ1) is 11.8. The molecule has 0 spiro atoms. The van der Waals surface area contributed by atoms with E-state index in [-0.39, 0.29) is 6.61 Å². The van der Waals surface area contributed by atoms with Crippen molar-refractivity contribution in [3.8, 4) is 11.4 Å². The maximum Gasteiger partial charge on any atom is 0.160 e. The molecule has 134 valence electrons. The van der Waals surface area contributed by atoms with Crippen LogP contribution < -0.4 is 0 Å². The number of aliphatic hydroxyl groups is 1. The second-order valence-corrected chi connectivity index (χ2v) is 6.56. The summed E-state index contributed by atoms with van der Waals surface area (Å²) in [7, 11) is 0. The van der Waals surface area contributed by atoms with E-state index in [1.165, 1.54) is 0 Å². The van der Waals surface area contributed by atoms with E-state index in [9.17, 15) is 0 Å². The summed E-state index contributed by atoms with van der Waals surface area (Å²) in [4.78, 5) is 8.19. The van der Waals surface area contributed by atoms with Crippen LogP contribution in [0.2, 0.25) is 10.0 Å². The standard InChI is InChI=1S/C11H8Cl2N2O.C6H8Cl2O/c12-9-5-10(13)8(4-7(9)6-16)11-14-2-1-3-15-11;1-5(7)3-9-4-6(2)8/h1-5,16H,6H2;1-4H2. The molecular formula is C17H16Cl4N2O2. The van der Waals surface area contributed by atoms with E-state index < -0.39 is 0 Å². The van der Waals surface area contributed by atoms with Crippen LogP contribution in [0.5, 0.6) is 0 Å². The lowest BCUT2D eigenvalue weighted by atomic mass is 10.1. The summed E-state index contributed by atoms with van der Waals surface area (Å²) in [6.45, 7) is 7.35. The maximum atomic E-state index is 9.11. The Bertz CT molecular complexity index is 710. The highest BCUT2D eigenvalue weighted by Crippen LogP contribution is 2.30. The molecule has 0 radical (unpaired) electrons. The van der Waals surface area contributed by atoms with Gasteiger partial charge in [0.25, 0.3) is 0 Å². The van der Waals surface area contributed by atoms with Crippen molar-refractivity contribution in [2.45, 2.75) is 6.61 Å². The van der Waals surface area contributed by atoms with Gasteiger partial charge in [-0.25, -0.2) is 9.97 Å². The van der Waals surface area contributed by atoms with Crippen LogP contribution in [-0.2, 0) is 11.3 Å². The second kappa shape index (κ2) is 11.5. The Morgan fingerprint density at radius 1 is 1.00 bits per heavy atom. The summed E-state index contributed by atoms with van der Waals surface area (Å²) in [6, 6.07) is 5.00. The van der Waals surface area contributed by atoms with Gasteiger partial charge in [0.05, 0.1) is 24.8 Å². The molecule has 2 rings (SSSR count). The summed E-state index contributed by atoms with van der Waals surface area (Å²) in [5, 5.41) is 10.9.